The van der Waals surface area contributed by atoms with Crippen LogP contribution >= 0.6 is 22.6 Å². The molecule has 0 aliphatic rings. The van der Waals surface area contributed by atoms with Crippen molar-refractivity contribution in [1.82, 2.24) is 0 Å². The third-order valence-corrected chi connectivity index (χ3v) is 5.56. The Morgan fingerprint density at radius 1 is 1.11 bits per heavy atom. The van der Waals surface area contributed by atoms with E-state index in [4.69, 9.17) is 8.83 Å². The second-order valence-corrected chi connectivity index (χ2v) is 8.06. The molecule has 0 radical (unpaired) electrons. The van der Waals surface area contributed by atoms with Crippen molar-refractivity contribution in [1.29, 1.82) is 0 Å². The van der Waals surface area contributed by atoms with Crippen LogP contribution in [-0.4, -0.2) is 5.91 Å². The number of anilines is 1. The number of hydrogen-bond donors (Lipinski definition) is 1. The van der Waals surface area contributed by atoms with Crippen molar-refractivity contribution in [2.45, 2.75) is 26.7 Å². The maximum absolute atomic E-state index is 12.5. The summed E-state index contributed by atoms with van der Waals surface area (Å²) in [6.07, 6.45) is 2.21. The molecule has 2 heterocycles. The highest BCUT2D eigenvalue weighted by molar-refractivity contribution is 14.1. The minimum absolute atomic E-state index is 0.137. The van der Waals surface area contributed by atoms with Crippen LogP contribution in [0.15, 0.2) is 56.3 Å². The van der Waals surface area contributed by atoms with Gasteiger partial charge in [-0.3, -0.25) is 4.79 Å². The highest BCUT2D eigenvalue weighted by atomic mass is 127. The quantitative estimate of drug-likeness (QED) is 0.312. The molecule has 4 rings (SSSR count). The molecule has 0 aliphatic carbocycles. The molecule has 2 aromatic heterocycles. The topological polar surface area (TPSA) is 72.5 Å². The fourth-order valence-electron chi connectivity index (χ4n) is 3.35. The lowest BCUT2D eigenvalue weighted by Gasteiger charge is -2.09. The van der Waals surface area contributed by atoms with E-state index in [1.54, 1.807) is 12.3 Å². The van der Waals surface area contributed by atoms with E-state index in [2.05, 4.69) is 27.9 Å². The van der Waals surface area contributed by atoms with Crippen molar-refractivity contribution in [2.75, 3.05) is 5.32 Å². The summed E-state index contributed by atoms with van der Waals surface area (Å²) in [5.41, 5.74) is 3.93. The molecule has 0 spiro atoms. The molecule has 6 heteroatoms. The van der Waals surface area contributed by atoms with Crippen molar-refractivity contribution >= 4 is 56.1 Å². The van der Waals surface area contributed by atoms with Gasteiger partial charge in [0.2, 0.25) is 5.91 Å². The predicted octanol–water partition coefficient (Wildman–Crippen LogP) is 5.33. The van der Waals surface area contributed by atoms with E-state index in [1.807, 2.05) is 44.2 Å². The van der Waals surface area contributed by atoms with Crippen LogP contribution in [0, 0.1) is 17.4 Å². The van der Waals surface area contributed by atoms with Crippen LogP contribution in [0.4, 0.5) is 5.69 Å². The monoisotopic (exact) mass is 487 g/mol. The van der Waals surface area contributed by atoms with E-state index in [9.17, 15) is 9.59 Å². The van der Waals surface area contributed by atoms with Crippen molar-refractivity contribution in [3.8, 4) is 0 Å². The lowest BCUT2D eigenvalue weighted by atomic mass is 10.0. The summed E-state index contributed by atoms with van der Waals surface area (Å²) in [5, 5.41) is 4.73. The largest absolute Gasteiger partial charge is 0.464 e. The van der Waals surface area contributed by atoms with Gasteiger partial charge in [-0.15, -0.1) is 0 Å². The summed E-state index contributed by atoms with van der Waals surface area (Å²) in [6.45, 7) is 3.87. The van der Waals surface area contributed by atoms with Gasteiger partial charge in [0.05, 0.1) is 6.26 Å². The molecule has 0 saturated carbocycles. The molecular formula is C22H18INO4. The Balaban J connectivity index is 1.61. The molecule has 5 nitrogen and oxygen atoms in total. The molecule has 0 bridgehead atoms. The Hall–Kier alpha value is -2.61. The summed E-state index contributed by atoms with van der Waals surface area (Å²) < 4.78 is 12.0. The fraction of sp³-hybridized carbons (Fsp3) is 0.182. The van der Waals surface area contributed by atoms with Crippen LogP contribution in [0.1, 0.15) is 23.1 Å². The van der Waals surface area contributed by atoms with Gasteiger partial charge in [-0.1, -0.05) is 6.07 Å². The average molecular weight is 487 g/mol. The van der Waals surface area contributed by atoms with Crippen LogP contribution in [0.2, 0.25) is 0 Å². The van der Waals surface area contributed by atoms with Gasteiger partial charge in [0.15, 0.2) is 0 Å². The summed E-state index contributed by atoms with van der Waals surface area (Å²) in [6, 6.07) is 11.3. The first-order valence-electron chi connectivity index (χ1n) is 8.92. The zero-order valence-electron chi connectivity index (χ0n) is 15.5. The Labute approximate surface area is 174 Å². The molecule has 1 amide bonds. The molecule has 4 aromatic rings. The minimum atomic E-state index is -0.408. The van der Waals surface area contributed by atoms with Crippen molar-refractivity contribution in [2.24, 2.45) is 0 Å². The van der Waals surface area contributed by atoms with Gasteiger partial charge in [-0.05, 0) is 78.3 Å². The van der Waals surface area contributed by atoms with Gasteiger partial charge in [0.1, 0.15) is 11.2 Å². The van der Waals surface area contributed by atoms with Crippen LogP contribution in [-0.2, 0) is 11.2 Å². The zero-order chi connectivity index (χ0) is 19.8. The Morgan fingerprint density at radius 2 is 1.93 bits per heavy atom. The molecule has 28 heavy (non-hydrogen) atoms. The first-order chi connectivity index (χ1) is 13.4. The number of hydrogen-bond acceptors (Lipinski definition) is 4. The third-order valence-electron chi connectivity index (χ3n) is 4.89. The highest BCUT2D eigenvalue weighted by Crippen LogP contribution is 2.29. The van der Waals surface area contributed by atoms with Crippen LogP contribution in [0.5, 0.6) is 0 Å². The van der Waals surface area contributed by atoms with Crippen molar-refractivity contribution < 1.29 is 13.6 Å². The number of furan rings is 1. The number of halogens is 1. The molecule has 2 aromatic carbocycles. The van der Waals surface area contributed by atoms with Crippen LogP contribution in [0.25, 0.3) is 21.9 Å². The van der Waals surface area contributed by atoms with Crippen molar-refractivity contribution in [3.05, 3.63) is 73.3 Å². The third kappa shape index (κ3) is 3.56. The summed E-state index contributed by atoms with van der Waals surface area (Å²) >= 11 is 2.20. The Bertz CT molecular complexity index is 1270. The Morgan fingerprint density at radius 3 is 2.71 bits per heavy atom. The molecule has 142 valence electrons. The number of amides is 1. The van der Waals surface area contributed by atoms with Crippen LogP contribution < -0.4 is 10.9 Å². The standard InChI is InChI=1S/C22H18INO4/c1-12-11-27-19-10-20-18(9-17(12)19)13(2)16(22(26)28-20)6-7-21(25)24-15-5-3-4-14(23)8-15/h3-5,8-11H,6-7H2,1-2H3,(H,24,25). The molecule has 0 unspecified atom stereocenters. The van der Waals surface area contributed by atoms with E-state index >= 15 is 0 Å². The number of benzene rings is 2. The SMILES string of the molecule is Cc1coc2cc3oc(=O)c(CCC(=O)Nc4cccc(I)c4)c(C)c3cc12. The van der Waals surface area contributed by atoms with Crippen LogP contribution in [0.3, 0.4) is 0 Å². The number of fused-ring (bicyclic) bond motifs is 2. The van der Waals surface area contributed by atoms with E-state index < -0.39 is 5.63 Å². The fourth-order valence-corrected chi connectivity index (χ4v) is 3.90. The normalized spacial score (nSPS) is 11.2. The molecule has 0 aliphatic heterocycles. The number of rotatable bonds is 4. The minimum Gasteiger partial charge on any atom is -0.464 e. The first-order valence-corrected chi connectivity index (χ1v) is 10.00. The van der Waals surface area contributed by atoms with E-state index in [1.165, 1.54) is 0 Å². The van der Waals surface area contributed by atoms with Gasteiger partial charge < -0.3 is 14.2 Å². The average Bonchev–Trinajstić information content (AvgIpc) is 3.00. The second-order valence-electron chi connectivity index (χ2n) is 6.81. The number of carbonyl (C=O) groups excluding carboxylic acids is 1. The lowest BCUT2D eigenvalue weighted by Crippen LogP contribution is -2.16. The molecule has 0 saturated heterocycles. The second kappa shape index (κ2) is 7.43. The van der Waals surface area contributed by atoms with Gasteiger partial charge in [0, 0.05) is 38.1 Å². The number of nitrogens with one attached hydrogen (secondary N) is 1. The molecule has 0 atom stereocenters. The van der Waals surface area contributed by atoms with Gasteiger partial charge >= 0.3 is 5.63 Å². The number of carbonyl (C=O) groups is 1. The van der Waals surface area contributed by atoms with E-state index in [-0.39, 0.29) is 12.3 Å². The van der Waals surface area contributed by atoms with Gasteiger partial charge in [-0.2, -0.15) is 0 Å². The van der Waals surface area contributed by atoms with Gasteiger partial charge in [0.25, 0.3) is 0 Å². The molecular weight excluding hydrogens is 469 g/mol. The van der Waals surface area contributed by atoms with E-state index in [0.717, 1.165) is 31.2 Å². The van der Waals surface area contributed by atoms with Gasteiger partial charge in [-0.25, -0.2) is 4.79 Å². The summed E-state index contributed by atoms with van der Waals surface area (Å²) in [7, 11) is 0. The lowest BCUT2D eigenvalue weighted by molar-refractivity contribution is -0.116. The first kappa shape index (κ1) is 18.7. The summed E-state index contributed by atoms with van der Waals surface area (Å²) in [4.78, 5) is 24.8. The maximum Gasteiger partial charge on any atom is 0.339 e. The smallest absolute Gasteiger partial charge is 0.339 e. The molecule has 0 fully saturated rings. The maximum atomic E-state index is 12.5. The highest BCUT2D eigenvalue weighted by Gasteiger charge is 2.15. The Kier molecular flexibility index (Phi) is 4.97. The van der Waals surface area contributed by atoms with E-state index in [0.29, 0.717) is 23.2 Å². The zero-order valence-corrected chi connectivity index (χ0v) is 17.6. The molecule has 1 N–H and O–H groups in total. The van der Waals surface area contributed by atoms with Crippen molar-refractivity contribution in [3.63, 3.8) is 0 Å². The predicted molar refractivity (Wildman–Crippen MR) is 118 cm³/mol. The summed E-state index contributed by atoms with van der Waals surface area (Å²) in [5.74, 6) is -0.137. The number of aryl methyl sites for hydroxylation is 2.